The Bertz CT molecular complexity index is 1160. The first-order chi connectivity index (χ1) is 16.5. The molecule has 2 fully saturated rings. The van der Waals surface area contributed by atoms with Crippen molar-refractivity contribution in [3.05, 3.63) is 34.9 Å². The van der Waals surface area contributed by atoms with Gasteiger partial charge in [0.25, 0.3) is 5.89 Å². The normalized spacial score (nSPS) is 18.2. The summed E-state index contributed by atoms with van der Waals surface area (Å²) in [5, 5.41) is 8.50. The third-order valence-electron chi connectivity index (χ3n) is 7.34. The van der Waals surface area contributed by atoms with Crippen molar-refractivity contribution in [1.29, 1.82) is 0 Å². The highest BCUT2D eigenvalue weighted by Crippen LogP contribution is 2.38. The first kappa shape index (κ1) is 23.1. The Balaban J connectivity index is 0.00000289. The highest BCUT2D eigenvalue weighted by Gasteiger charge is 2.28. The van der Waals surface area contributed by atoms with Crippen LogP contribution in [0.5, 0.6) is 0 Å². The standard InChI is InChI=1S/C26H33F2N5O.H2/c1-16-21-14-18(8-11-27)15-22(28)24(21)31-25(23(16)26-29-17(2)32-34-26)33-12-9-20(10-13-33)30-19-6-4-3-5-7-19;/h14-15,19-20,30H,3-13H2,1-2H3;1H. The zero-order chi connectivity index (χ0) is 23.7. The fraction of sp³-hybridized carbons (Fsp3) is 0.577. The first-order valence-corrected chi connectivity index (χ1v) is 12.5. The van der Waals surface area contributed by atoms with Crippen molar-refractivity contribution in [1.82, 2.24) is 20.4 Å². The summed E-state index contributed by atoms with van der Waals surface area (Å²) in [4.78, 5) is 11.5. The minimum absolute atomic E-state index is 0. The zero-order valence-electron chi connectivity index (χ0n) is 20.0. The number of benzene rings is 1. The summed E-state index contributed by atoms with van der Waals surface area (Å²) in [5.74, 6) is 1.18. The Morgan fingerprint density at radius 3 is 2.47 bits per heavy atom. The fourth-order valence-electron chi connectivity index (χ4n) is 5.52. The van der Waals surface area contributed by atoms with Gasteiger partial charge in [-0.25, -0.2) is 9.37 Å². The second-order valence-electron chi connectivity index (χ2n) is 9.76. The maximum absolute atomic E-state index is 15.1. The van der Waals surface area contributed by atoms with E-state index in [0.29, 0.717) is 46.1 Å². The predicted octanol–water partition coefficient (Wildman–Crippen LogP) is 5.69. The monoisotopic (exact) mass is 471 g/mol. The fourth-order valence-corrected chi connectivity index (χ4v) is 5.52. The molecule has 0 radical (unpaired) electrons. The second kappa shape index (κ2) is 9.94. The van der Waals surface area contributed by atoms with Gasteiger partial charge < -0.3 is 14.7 Å². The van der Waals surface area contributed by atoms with E-state index < -0.39 is 12.5 Å². The van der Waals surface area contributed by atoms with E-state index in [-0.39, 0.29) is 7.85 Å². The summed E-state index contributed by atoms with van der Waals surface area (Å²) in [6, 6.07) is 4.36. The Labute approximate surface area is 200 Å². The molecule has 0 spiro atoms. The molecule has 1 saturated carbocycles. The lowest BCUT2D eigenvalue weighted by molar-refractivity contribution is 0.307. The van der Waals surface area contributed by atoms with Crippen LogP contribution in [0.15, 0.2) is 16.7 Å². The lowest BCUT2D eigenvalue weighted by Crippen LogP contribution is -2.47. The third kappa shape index (κ3) is 4.65. The smallest absolute Gasteiger partial charge is 0.261 e. The van der Waals surface area contributed by atoms with Crippen LogP contribution in [-0.4, -0.2) is 47.0 Å². The lowest BCUT2D eigenvalue weighted by Gasteiger charge is -2.37. The molecule has 3 heterocycles. The molecule has 6 nitrogen and oxygen atoms in total. The number of hydrogen-bond acceptors (Lipinski definition) is 6. The van der Waals surface area contributed by atoms with E-state index >= 15 is 4.39 Å². The van der Waals surface area contributed by atoms with Crippen molar-refractivity contribution in [3.63, 3.8) is 0 Å². The van der Waals surface area contributed by atoms with E-state index in [1.165, 1.54) is 38.2 Å². The molecule has 0 bridgehead atoms. The average molecular weight is 472 g/mol. The lowest BCUT2D eigenvalue weighted by atomic mass is 9.93. The molecule has 0 unspecified atom stereocenters. The van der Waals surface area contributed by atoms with Crippen molar-refractivity contribution in [3.8, 4) is 11.5 Å². The third-order valence-corrected chi connectivity index (χ3v) is 7.34. The van der Waals surface area contributed by atoms with Crippen LogP contribution >= 0.6 is 0 Å². The van der Waals surface area contributed by atoms with Crippen LogP contribution in [0.2, 0.25) is 0 Å². The maximum Gasteiger partial charge on any atom is 0.261 e. The van der Waals surface area contributed by atoms with E-state index in [1.54, 1.807) is 6.92 Å². The van der Waals surface area contributed by atoms with Crippen molar-refractivity contribution < 1.29 is 14.7 Å². The maximum atomic E-state index is 15.1. The number of anilines is 1. The highest BCUT2D eigenvalue weighted by atomic mass is 19.1. The summed E-state index contributed by atoms with van der Waals surface area (Å²) >= 11 is 0. The number of halogens is 2. The number of pyridine rings is 1. The molecular weight excluding hydrogens is 436 g/mol. The molecule has 2 aromatic heterocycles. The minimum atomic E-state index is -0.533. The number of aryl methyl sites for hydroxylation is 3. The van der Waals surface area contributed by atoms with Gasteiger partial charge in [-0.3, -0.25) is 4.39 Å². The van der Waals surface area contributed by atoms with Crippen molar-refractivity contribution >= 4 is 16.7 Å². The molecule has 5 rings (SSSR count). The van der Waals surface area contributed by atoms with Gasteiger partial charge in [-0.05, 0) is 62.8 Å². The van der Waals surface area contributed by atoms with Gasteiger partial charge >= 0.3 is 0 Å². The molecule has 8 heteroatoms. The molecule has 1 aliphatic carbocycles. The largest absolute Gasteiger partial charge is 0.356 e. The molecule has 1 saturated heterocycles. The minimum Gasteiger partial charge on any atom is -0.356 e. The van der Waals surface area contributed by atoms with Crippen LogP contribution in [0.4, 0.5) is 14.6 Å². The van der Waals surface area contributed by atoms with Crippen molar-refractivity contribution in [2.45, 2.75) is 77.3 Å². The highest BCUT2D eigenvalue weighted by molar-refractivity contribution is 5.93. The number of alkyl halides is 1. The molecule has 3 aromatic rings. The van der Waals surface area contributed by atoms with Gasteiger partial charge in [0, 0.05) is 38.4 Å². The quantitative estimate of drug-likeness (QED) is 0.498. The van der Waals surface area contributed by atoms with Gasteiger partial charge in [-0.1, -0.05) is 24.4 Å². The number of rotatable bonds is 6. The molecule has 0 amide bonds. The molecule has 1 aliphatic heterocycles. The Morgan fingerprint density at radius 1 is 1.06 bits per heavy atom. The number of hydrogen-bond donors (Lipinski definition) is 1. The number of aromatic nitrogens is 3. The van der Waals surface area contributed by atoms with Crippen molar-refractivity contribution in [2.24, 2.45) is 0 Å². The summed E-state index contributed by atoms with van der Waals surface area (Å²) in [5.41, 5.74) is 2.49. The van der Waals surface area contributed by atoms with Gasteiger partial charge in [0.1, 0.15) is 17.2 Å². The van der Waals surface area contributed by atoms with E-state index in [1.807, 2.05) is 13.0 Å². The van der Waals surface area contributed by atoms with E-state index in [2.05, 4.69) is 20.4 Å². The van der Waals surface area contributed by atoms with Gasteiger partial charge in [0.2, 0.25) is 0 Å². The number of piperidine rings is 1. The zero-order valence-corrected chi connectivity index (χ0v) is 20.0. The molecule has 184 valence electrons. The Morgan fingerprint density at radius 2 is 1.79 bits per heavy atom. The van der Waals surface area contributed by atoms with Crippen LogP contribution < -0.4 is 10.2 Å². The predicted molar refractivity (Wildman–Crippen MR) is 132 cm³/mol. The number of fused-ring (bicyclic) bond motifs is 1. The number of nitrogens with one attached hydrogen (secondary N) is 1. The molecule has 1 aromatic carbocycles. The van der Waals surface area contributed by atoms with Crippen LogP contribution in [0, 0.1) is 19.7 Å². The molecule has 2 aliphatic rings. The number of nitrogens with zero attached hydrogens (tertiary/aromatic N) is 4. The van der Waals surface area contributed by atoms with E-state index in [0.717, 1.165) is 37.1 Å². The molecule has 0 atom stereocenters. The summed E-state index contributed by atoms with van der Waals surface area (Å²) < 4.78 is 33.6. The van der Waals surface area contributed by atoms with Crippen LogP contribution in [0.25, 0.3) is 22.4 Å². The van der Waals surface area contributed by atoms with Gasteiger partial charge in [0.05, 0.1) is 12.2 Å². The Kier molecular flexibility index (Phi) is 6.77. The van der Waals surface area contributed by atoms with Gasteiger partial charge in [-0.2, -0.15) is 4.98 Å². The topological polar surface area (TPSA) is 67.1 Å². The first-order valence-electron chi connectivity index (χ1n) is 12.5. The van der Waals surface area contributed by atoms with Gasteiger partial charge in [-0.15, -0.1) is 0 Å². The van der Waals surface area contributed by atoms with Gasteiger partial charge in [0.15, 0.2) is 5.82 Å². The van der Waals surface area contributed by atoms with Crippen molar-refractivity contribution in [2.75, 3.05) is 24.7 Å². The average Bonchev–Trinajstić information content (AvgIpc) is 3.26. The Hall–Kier alpha value is -2.61. The van der Waals surface area contributed by atoms with Crippen LogP contribution in [0.3, 0.4) is 0 Å². The summed E-state index contributed by atoms with van der Waals surface area (Å²) in [6.45, 7) is 4.82. The molecular formula is C26H35F2N5O. The van der Waals surface area contributed by atoms with Crippen LogP contribution in [-0.2, 0) is 6.42 Å². The van der Waals surface area contributed by atoms with Crippen LogP contribution in [0.1, 0.15) is 63.3 Å². The van der Waals surface area contributed by atoms with E-state index in [4.69, 9.17) is 9.51 Å². The summed E-state index contributed by atoms with van der Waals surface area (Å²) in [6.07, 6.45) is 8.74. The SMILES string of the molecule is Cc1noc(-c2c(N3CCC(NC4CCCCC4)CC3)nc3c(F)cc(CCF)cc3c2C)n1.[HH]. The second-order valence-corrected chi connectivity index (χ2v) is 9.76. The summed E-state index contributed by atoms with van der Waals surface area (Å²) in [7, 11) is 0. The molecule has 34 heavy (non-hydrogen) atoms. The molecule has 1 N–H and O–H groups in total. The van der Waals surface area contributed by atoms with E-state index in [9.17, 15) is 4.39 Å².